The zero-order valence-electron chi connectivity index (χ0n) is 26.4. The van der Waals surface area contributed by atoms with Crippen molar-refractivity contribution in [2.24, 2.45) is 0 Å². The molecule has 0 fully saturated rings. The molecule has 0 spiro atoms. The molecule has 0 saturated carbocycles. The monoisotopic (exact) mass is 535 g/mol. The minimum Gasteiger partial charge on any atom is -0.435 e. The molecular weight excluding hydrogens is 464 g/mol. The maximum Gasteiger partial charge on any atom is 0.310 e. The van der Waals surface area contributed by atoms with Crippen molar-refractivity contribution in [3.63, 3.8) is 0 Å². The standard InChI is InChI=1S/C36H70O2/c1-3-5-7-9-11-13-15-17-18-19-20-21-23-25-27-29-31-33-35-38-36(37)34-32-30-28-26-24-22-16-14-12-10-8-6-4-2/h33,35H,3-32,34H2,1-2H3. The Kier molecular flexibility index (Phi) is 33.5. The van der Waals surface area contributed by atoms with Crippen molar-refractivity contribution in [1.82, 2.24) is 0 Å². The molecule has 0 amide bonds. The lowest BCUT2D eigenvalue weighted by Crippen LogP contribution is -1.98. The summed E-state index contributed by atoms with van der Waals surface area (Å²) in [6.45, 7) is 4.57. The van der Waals surface area contributed by atoms with Crippen LogP contribution in [0.4, 0.5) is 0 Å². The summed E-state index contributed by atoms with van der Waals surface area (Å²) in [6, 6.07) is 0. The highest BCUT2D eigenvalue weighted by Crippen LogP contribution is 2.15. The minimum absolute atomic E-state index is 0.0590. The Hall–Kier alpha value is -0.790. The Morgan fingerprint density at radius 2 is 0.711 bits per heavy atom. The van der Waals surface area contributed by atoms with E-state index >= 15 is 0 Å². The van der Waals surface area contributed by atoms with Gasteiger partial charge in [-0.05, 0) is 25.3 Å². The number of ether oxygens (including phenoxy) is 1. The second-order valence-electron chi connectivity index (χ2n) is 11.9. The van der Waals surface area contributed by atoms with E-state index in [-0.39, 0.29) is 5.97 Å². The van der Waals surface area contributed by atoms with Gasteiger partial charge >= 0.3 is 5.97 Å². The molecule has 0 saturated heterocycles. The molecule has 38 heavy (non-hydrogen) atoms. The fourth-order valence-electron chi connectivity index (χ4n) is 5.35. The fourth-order valence-corrected chi connectivity index (χ4v) is 5.35. The molecule has 0 aliphatic heterocycles. The van der Waals surface area contributed by atoms with Gasteiger partial charge in [0.1, 0.15) is 0 Å². The molecule has 0 aliphatic rings. The molecule has 0 aromatic rings. The van der Waals surface area contributed by atoms with Crippen molar-refractivity contribution in [2.75, 3.05) is 0 Å². The van der Waals surface area contributed by atoms with Crippen LogP contribution in [-0.4, -0.2) is 5.97 Å². The third-order valence-corrected chi connectivity index (χ3v) is 8.00. The van der Waals surface area contributed by atoms with Gasteiger partial charge in [0.2, 0.25) is 0 Å². The Balaban J connectivity index is 3.21. The maximum atomic E-state index is 11.9. The van der Waals surface area contributed by atoms with Gasteiger partial charge in [0.15, 0.2) is 0 Å². The molecule has 0 heterocycles. The third kappa shape index (κ3) is 33.2. The number of esters is 1. The molecule has 2 nitrogen and oxygen atoms in total. The Morgan fingerprint density at radius 3 is 1.05 bits per heavy atom. The van der Waals surface area contributed by atoms with Crippen LogP contribution in [0.1, 0.15) is 213 Å². The number of carbonyl (C=O) groups is 1. The van der Waals surface area contributed by atoms with Gasteiger partial charge in [-0.2, -0.15) is 0 Å². The summed E-state index contributed by atoms with van der Waals surface area (Å²) in [5.74, 6) is -0.0590. The zero-order valence-corrected chi connectivity index (χ0v) is 26.4. The predicted molar refractivity (Wildman–Crippen MR) is 170 cm³/mol. The first-order valence-corrected chi connectivity index (χ1v) is 17.7. The normalized spacial score (nSPS) is 11.5. The van der Waals surface area contributed by atoms with E-state index in [1.54, 1.807) is 6.26 Å². The van der Waals surface area contributed by atoms with Crippen molar-refractivity contribution in [2.45, 2.75) is 213 Å². The van der Waals surface area contributed by atoms with Crippen LogP contribution >= 0.6 is 0 Å². The second kappa shape index (κ2) is 34.2. The van der Waals surface area contributed by atoms with Gasteiger partial charge in [-0.3, -0.25) is 4.79 Å². The molecule has 0 aromatic carbocycles. The summed E-state index contributed by atoms with van der Waals surface area (Å²) in [5, 5.41) is 0. The summed E-state index contributed by atoms with van der Waals surface area (Å²) in [5.41, 5.74) is 0. The SMILES string of the molecule is CCCCCCCCCCCCCCCCCCC=COC(=O)CCCCCCCCCCCCCCC. The van der Waals surface area contributed by atoms with Crippen molar-refractivity contribution in [3.05, 3.63) is 12.3 Å². The van der Waals surface area contributed by atoms with Gasteiger partial charge in [-0.25, -0.2) is 0 Å². The fraction of sp³-hybridized carbons (Fsp3) is 0.917. The van der Waals surface area contributed by atoms with E-state index < -0.39 is 0 Å². The van der Waals surface area contributed by atoms with Crippen molar-refractivity contribution < 1.29 is 9.53 Å². The lowest BCUT2D eigenvalue weighted by Gasteiger charge is -2.03. The van der Waals surface area contributed by atoms with Crippen LogP contribution in [0.15, 0.2) is 12.3 Å². The average molecular weight is 535 g/mol. The average Bonchev–Trinajstić information content (AvgIpc) is 2.92. The van der Waals surface area contributed by atoms with E-state index in [4.69, 9.17) is 4.74 Å². The van der Waals surface area contributed by atoms with Gasteiger partial charge in [0, 0.05) is 6.42 Å². The first-order chi connectivity index (χ1) is 18.8. The van der Waals surface area contributed by atoms with Gasteiger partial charge < -0.3 is 4.74 Å². The molecule has 0 rings (SSSR count). The van der Waals surface area contributed by atoms with Crippen LogP contribution < -0.4 is 0 Å². The summed E-state index contributed by atoms with van der Waals surface area (Å²) >= 11 is 0. The van der Waals surface area contributed by atoms with E-state index in [0.717, 1.165) is 19.3 Å². The largest absolute Gasteiger partial charge is 0.435 e. The molecule has 0 atom stereocenters. The third-order valence-electron chi connectivity index (χ3n) is 8.00. The molecular formula is C36H70O2. The maximum absolute atomic E-state index is 11.9. The zero-order chi connectivity index (χ0) is 27.6. The van der Waals surface area contributed by atoms with E-state index in [1.807, 2.05) is 6.08 Å². The highest BCUT2D eigenvalue weighted by molar-refractivity contribution is 5.69. The molecule has 0 N–H and O–H groups in total. The lowest BCUT2D eigenvalue weighted by molar-refractivity contribution is -0.138. The van der Waals surface area contributed by atoms with Crippen LogP contribution in [0.2, 0.25) is 0 Å². The molecule has 0 unspecified atom stereocenters. The van der Waals surface area contributed by atoms with Crippen LogP contribution in [0.25, 0.3) is 0 Å². The van der Waals surface area contributed by atoms with Crippen LogP contribution in [0, 0.1) is 0 Å². The summed E-state index contributed by atoms with van der Waals surface area (Å²) < 4.78 is 5.26. The quantitative estimate of drug-likeness (QED) is 0.0487. The Morgan fingerprint density at radius 1 is 0.421 bits per heavy atom. The number of carbonyl (C=O) groups excluding carboxylic acids is 1. The first-order valence-electron chi connectivity index (χ1n) is 17.7. The van der Waals surface area contributed by atoms with E-state index in [2.05, 4.69) is 13.8 Å². The summed E-state index contributed by atoms with van der Waals surface area (Å²) in [4.78, 5) is 11.9. The Bertz CT molecular complexity index is 470. The highest BCUT2D eigenvalue weighted by Gasteiger charge is 2.01. The number of hydrogen-bond acceptors (Lipinski definition) is 2. The van der Waals surface area contributed by atoms with E-state index in [0.29, 0.717) is 6.42 Å². The summed E-state index contributed by atoms with van der Waals surface area (Å²) in [7, 11) is 0. The number of rotatable bonds is 32. The van der Waals surface area contributed by atoms with Crippen LogP contribution in [0.5, 0.6) is 0 Å². The number of allylic oxidation sites excluding steroid dienone is 1. The van der Waals surface area contributed by atoms with E-state index in [1.165, 1.54) is 173 Å². The summed E-state index contributed by atoms with van der Waals surface area (Å²) in [6.07, 6.45) is 45.0. The van der Waals surface area contributed by atoms with Crippen LogP contribution in [-0.2, 0) is 9.53 Å². The second-order valence-corrected chi connectivity index (χ2v) is 11.9. The lowest BCUT2D eigenvalue weighted by atomic mass is 10.0. The topological polar surface area (TPSA) is 26.3 Å². The first kappa shape index (κ1) is 37.2. The van der Waals surface area contributed by atoms with Gasteiger partial charge in [-0.15, -0.1) is 0 Å². The van der Waals surface area contributed by atoms with Gasteiger partial charge in [0.05, 0.1) is 6.26 Å². The smallest absolute Gasteiger partial charge is 0.310 e. The van der Waals surface area contributed by atoms with Gasteiger partial charge in [-0.1, -0.05) is 187 Å². The highest BCUT2D eigenvalue weighted by atomic mass is 16.5. The molecule has 0 aromatic heterocycles. The van der Waals surface area contributed by atoms with Crippen molar-refractivity contribution in [1.29, 1.82) is 0 Å². The predicted octanol–water partition coefficient (Wildman–Crippen LogP) is 13.2. The van der Waals surface area contributed by atoms with Crippen LogP contribution in [0.3, 0.4) is 0 Å². The van der Waals surface area contributed by atoms with Gasteiger partial charge in [0.25, 0.3) is 0 Å². The van der Waals surface area contributed by atoms with Crippen molar-refractivity contribution >= 4 is 5.97 Å². The van der Waals surface area contributed by atoms with Crippen molar-refractivity contribution in [3.8, 4) is 0 Å². The molecule has 0 bridgehead atoms. The van der Waals surface area contributed by atoms with E-state index in [9.17, 15) is 4.79 Å². The number of unbranched alkanes of at least 4 members (excludes halogenated alkanes) is 28. The molecule has 2 heteroatoms. The minimum atomic E-state index is -0.0590. The molecule has 226 valence electrons. The molecule has 0 radical (unpaired) electrons. The Labute approximate surface area is 240 Å². The molecule has 0 aliphatic carbocycles. The number of hydrogen-bond donors (Lipinski definition) is 0.